The molecule has 0 bridgehead atoms. The molecule has 6 heteroatoms. The molecule has 106 valence electrons. The molecule has 0 amide bonds. The van der Waals surface area contributed by atoms with Gasteiger partial charge in [-0.25, -0.2) is 24.3 Å². The van der Waals surface area contributed by atoms with Crippen molar-refractivity contribution < 1.29 is 62.2 Å². The van der Waals surface area contributed by atoms with Gasteiger partial charge in [0.2, 0.25) is 0 Å². The molecule has 0 saturated heterocycles. The normalized spacial score (nSPS) is 8.53. The van der Waals surface area contributed by atoms with Crippen molar-refractivity contribution in [2.75, 3.05) is 0 Å². The third-order valence-electron chi connectivity index (χ3n) is 1.54. The Labute approximate surface area is 138 Å². The van der Waals surface area contributed by atoms with E-state index in [0.717, 1.165) is 6.92 Å². The number of halogens is 5. The number of alkyl halides is 3. The summed E-state index contributed by atoms with van der Waals surface area (Å²) in [4.78, 5) is 0. The van der Waals surface area contributed by atoms with E-state index >= 15 is 0 Å². The number of hydrogen-bond donors (Lipinski definition) is 0. The smallest absolute Gasteiger partial charge is 0.172 e. The average Bonchev–Trinajstić information content (AvgIpc) is 2.96. The average molecular weight is 388 g/mol. The molecular weight excluding hydrogens is 375 g/mol. The molecule has 0 fully saturated rings. The van der Waals surface area contributed by atoms with Gasteiger partial charge in [-0.1, -0.05) is 0 Å². The van der Waals surface area contributed by atoms with E-state index < -0.39 is 9.38 Å². The molecule has 19 heavy (non-hydrogen) atoms. The Morgan fingerprint density at radius 1 is 0.842 bits per heavy atom. The summed E-state index contributed by atoms with van der Waals surface area (Å²) in [6.45, 7) is 1.08. The largest absolute Gasteiger partial charge is 1.00 e. The fraction of sp³-hybridized carbons (Fsp3) is 0.154. The van der Waals surface area contributed by atoms with E-state index in [4.69, 9.17) is 0 Å². The van der Waals surface area contributed by atoms with Crippen LogP contribution in [0.5, 0.6) is 0 Å². The summed E-state index contributed by atoms with van der Waals surface area (Å²) >= 11 is 0.444. The summed E-state index contributed by atoms with van der Waals surface area (Å²) in [5.74, 6) is 0. The molecule has 0 atom stereocenters. The predicted octanol–water partition coefficient (Wildman–Crippen LogP) is -1.89. The summed E-state index contributed by atoms with van der Waals surface area (Å²) in [7, 11) is 0. The first kappa shape index (κ1) is 23.9. The Bertz CT molecular complexity index is 306. The van der Waals surface area contributed by atoms with Crippen LogP contribution in [-0.4, -0.2) is 9.38 Å². The maximum atomic E-state index is 11.2. The summed E-state index contributed by atoms with van der Waals surface area (Å²) in [5.41, 5.74) is 0. The van der Waals surface area contributed by atoms with Crippen molar-refractivity contribution in [3.8, 4) is 0 Å². The van der Waals surface area contributed by atoms with E-state index in [2.05, 4.69) is 0 Å². The van der Waals surface area contributed by atoms with Gasteiger partial charge < -0.3 is 24.8 Å². The van der Waals surface area contributed by atoms with Crippen molar-refractivity contribution in [3.05, 3.63) is 60.7 Å². The van der Waals surface area contributed by atoms with E-state index in [1.807, 2.05) is 60.7 Å². The molecule has 0 spiro atoms. The van der Waals surface area contributed by atoms with Crippen LogP contribution in [0.1, 0.15) is 6.92 Å². The molecule has 0 unspecified atom stereocenters. The van der Waals surface area contributed by atoms with Gasteiger partial charge in [-0.3, -0.25) is 0 Å². The van der Waals surface area contributed by atoms with E-state index in [1.54, 1.807) is 0 Å². The van der Waals surface area contributed by atoms with Crippen LogP contribution in [0.4, 0.5) is 13.2 Å². The molecule has 2 rings (SSSR count). The first-order chi connectivity index (χ1) is 7.94. The molecule has 0 N–H and O–H groups in total. The SMILES string of the molecule is C[C](=[Zr+2])C(F)(F)F.[Cl-].[Cl-].c1cc[cH-]c1.c1cc[cH-]c1. The van der Waals surface area contributed by atoms with Gasteiger partial charge in [0.05, 0.1) is 0 Å². The molecule has 2 aromatic carbocycles. The van der Waals surface area contributed by atoms with Gasteiger partial charge in [0.1, 0.15) is 0 Å². The first-order valence-electron chi connectivity index (χ1n) is 4.90. The molecule has 0 aromatic heterocycles. The van der Waals surface area contributed by atoms with Gasteiger partial charge in [0.25, 0.3) is 0 Å². The minimum Gasteiger partial charge on any atom is -1.00 e. The van der Waals surface area contributed by atoms with E-state index in [9.17, 15) is 13.2 Å². The topological polar surface area (TPSA) is 0 Å². The maximum Gasteiger partial charge on any atom is -0.172 e. The Balaban J connectivity index is -0.000000194. The molecule has 0 nitrogen and oxygen atoms in total. The van der Waals surface area contributed by atoms with Crippen LogP contribution in [0.15, 0.2) is 60.7 Å². The van der Waals surface area contributed by atoms with Crippen LogP contribution in [0.3, 0.4) is 0 Å². The Hall–Kier alpha value is -0.177. The summed E-state index contributed by atoms with van der Waals surface area (Å²) < 4.78 is 33.1. The van der Waals surface area contributed by atoms with Crippen LogP contribution in [-0.2, 0) is 24.2 Å². The van der Waals surface area contributed by atoms with Gasteiger partial charge in [-0.15, -0.1) is 0 Å². The van der Waals surface area contributed by atoms with Crippen molar-refractivity contribution in [3.63, 3.8) is 0 Å². The quantitative estimate of drug-likeness (QED) is 0.463. The van der Waals surface area contributed by atoms with Gasteiger partial charge in [-0.2, -0.15) is 36.4 Å². The minimum absolute atomic E-state index is 0. The van der Waals surface area contributed by atoms with Gasteiger partial charge in [-0.05, 0) is 0 Å². The van der Waals surface area contributed by atoms with Crippen molar-refractivity contribution >= 4 is 3.21 Å². The molecule has 0 saturated carbocycles. The second-order valence-electron chi connectivity index (χ2n) is 3.05. The third-order valence-corrected chi connectivity index (χ3v) is 2.23. The summed E-state index contributed by atoms with van der Waals surface area (Å²) in [6.07, 6.45) is -4.04. The van der Waals surface area contributed by atoms with Crippen LogP contribution in [0, 0.1) is 0 Å². The van der Waals surface area contributed by atoms with Crippen LogP contribution in [0.2, 0.25) is 0 Å². The number of hydrogen-bond acceptors (Lipinski definition) is 0. The molecular formula is C13H13Cl2F3Zr-2. The van der Waals surface area contributed by atoms with Gasteiger partial charge in [0.15, 0.2) is 0 Å². The Kier molecular flexibility index (Phi) is 17.9. The van der Waals surface area contributed by atoms with Crippen LogP contribution >= 0.6 is 0 Å². The van der Waals surface area contributed by atoms with E-state index in [0.29, 0.717) is 24.2 Å². The Morgan fingerprint density at radius 2 is 1.05 bits per heavy atom. The monoisotopic (exact) mass is 386 g/mol. The maximum absolute atomic E-state index is 11.2. The fourth-order valence-corrected chi connectivity index (χ4v) is 0.642. The molecule has 0 aliphatic heterocycles. The second kappa shape index (κ2) is 14.2. The van der Waals surface area contributed by atoms with Crippen molar-refractivity contribution in [2.24, 2.45) is 0 Å². The zero-order valence-electron chi connectivity index (χ0n) is 10.2. The summed E-state index contributed by atoms with van der Waals surface area (Å²) in [6, 6.07) is 20.0. The van der Waals surface area contributed by atoms with Gasteiger partial charge >= 0.3 is 53.7 Å². The summed E-state index contributed by atoms with van der Waals surface area (Å²) in [5, 5.41) is 0. The molecule has 0 heterocycles. The third kappa shape index (κ3) is 17.8. The molecule has 0 radical (unpaired) electrons. The molecule has 0 aliphatic carbocycles. The predicted molar refractivity (Wildman–Crippen MR) is 60.8 cm³/mol. The molecule has 2 aromatic rings. The minimum atomic E-state index is -4.04. The van der Waals surface area contributed by atoms with E-state index in [1.165, 1.54) is 0 Å². The van der Waals surface area contributed by atoms with Gasteiger partial charge in [0, 0.05) is 0 Å². The molecule has 0 aliphatic rings. The standard InChI is InChI=1S/2C5H5.C3H3F3.2ClH.Zr/c2*1-2-4-5-3-1;1-2-3(4,5)6;;;/h2*1-5H;1H3;2*1H;/q2*-1;;;;+2/p-2. The van der Waals surface area contributed by atoms with Crippen LogP contribution < -0.4 is 24.8 Å². The first-order valence-corrected chi connectivity index (χ1v) is 6.13. The van der Waals surface area contributed by atoms with Crippen LogP contribution in [0.25, 0.3) is 0 Å². The van der Waals surface area contributed by atoms with Crippen molar-refractivity contribution in [2.45, 2.75) is 13.1 Å². The van der Waals surface area contributed by atoms with Crippen molar-refractivity contribution in [1.82, 2.24) is 0 Å². The number of rotatable bonds is 0. The second-order valence-corrected chi connectivity index (χ2v) is 4.89. The fourth-order valence-electron chi connectivity index (χ4n) is 0.642. The zero-order chi connectivity index (χ0) is 13.1. The van der Waals surface area contributed by atoms with E-state index in [-0.39, 0.29) is 24.8 Å². The van der Waals surface area contributed by atoms with Crippen molar-refractivity contribution in [1.29, 1.82) is 0 Å². The zero-order valence-corrected chi connectivity index (χ0v) is 14.1. The Morgan fingerprint density at radius 3 is 1.11 bits per heavy atom.